The molecule has 1 atom stereocenters. The van der Waals surface area contributed by atoms with Gasteiger partial charge in [-0.2, -0.15) is 0 Å². The van der Waals surface area contributed by atoms with Crippen molar-refractivity contribution in [3.8, 4) is 0 Å². The van der Waals surface area contributed by atoms with Gasteiger partial charge in [-0.25, -0.2) is 0 Å². The van der Waals surface area contributed by atoms with Gasteiger partial charge in [0.25, 0.3) is 11.8 Å². The van der Waals surface area contributed by atoms with Crippen LogP contribution in [-0.4, -0.2) is 59.5 Å². The highest BCUT2D eigenvalue weighted by Gasteiger charge is 2.25. The summed E-state index contributed by atoms with van der Waals surface area (Å²) in [5.41, 5.74) is 0.704. The van der Waals surface area contributed by atoms with E-state index in [4.69, 9.17) is 4.74 Å². The summed E-state index contributed by atoms with van der Waals surface area (Å²) < 4.78 is 5.28. The van der Waals surface area contributed by atoms with Gasteiger partial charge in [0.2, 0.25) is 17.7 Å². The highest BCUT2D eigenvalue weighted by molar-refractivity contribution is 6.12. The van der Waals surface area contributed by atoms with Gasteiger partial charge < -0.3 is 20.7 Å². The van der Waals surface area contributed by atoms with Gasteiger partial charge in [0.1, 0.15) is 12.6 Å². The quantitative estimate of drug-likeness (QED) is 0.128. The molecule has 0 saturated heterocycles. The van der Waals surface area contributed by atoms with Crippen molar-refractivity contribution in [2.75, 3.05) is 18.4 Å². The molecule has 1 aliphatic heterocycles. The molecule has 0 aliphatic carbocycles. The fourth-order valence-corrected chi connectivity index (χ4v) is 3.70. The average Bonchev–Trinajstić information content (AvgIpc) is 3.26. The first kappa shape index (κ1) is 35.7. The molecule has 3 N–H and O–H groups in total. The summed E-state index contributed by atoms with van der Waals surface area (Å²) in [7, 11) is 0. The van der Waals surface area contributed by atoms with Crippen molar-refractivity contribution in [1.82, 2.24) is 15.5 Å². The Morgan fingerprint density at radius 3 is 2.07 bits per heavy atom. The largest absolute Gasteiger partial charge is 0.460 e. The fourth-order valence-electron chi connectivity index (χ4n) is 3.70. The van der Waals surface area contributed by atoms with Crippen molar-refractivity contribution in [2.24, 2.45) is 11.3 Å². The number of imide groups is 1. The monoisotopic (exact) mass is 590 g/mol. The van der Waals surface area contributed by atoms with Gasteiger partial charge in [0.15, 0.2) is 0 Å². The first-order chi connectivity index (χ1) is 19.8. The summed E-state index contributed by atoms with van der Waals surface area (Å²) in [5, 5.41) is 7.98. The maximum Gasteiger partial charge on any atom is 0.311 e. The number of nitrogens with zero attached hydrogens (tertiary/aromatic N) is 1. The maximum atomic E-state index is 12.7. The normalized spacial score (nSPS) is 13.2. The summed E-state index contributed by atoms with van der Waals surface area (Å²) in [6.07, 6.45) is 4.45. The van der Waals surface area contributed by atoms with E-state index in [-0.39, 0.29) is 53.5 Å². The highest BCUT2D eigenvalue weighted by atomic mass is 16.5. The highest BCUT2D eigenvalue weighted by Crippen LogP contribution is 2.17. The van der Waals surface area contributed by atoms with Gasteiger partial charge in [0.05, 0.1) is 12.0 Å². The predicted octanol–water partition coefficient (Wildman–Crippen LogP) is 4.00. The number of esters is 1. The van der Waals surface area contributed by atoms with Crippen molar-refractivity contribution in [2.45, 2.75) is 73.0 Å². The summed E-state index contributed by atoms with van der Waals surface area (Å²) in [6.45, 7) is 15.1. The van der Waals surface area contributed by atoms with Crippen LogP contribution in [0.25, 0.3) is 0 Å². The van der Waals surface area contributed by atoms with Crippen LogP contribution in [0.2, 0.25) is 0 Å². The Hall–Kier alpha value is -4.28. The Bertz CT molecular complexity index is 1130. The summed E-state index contributed by atoms with van der Waals surface area (Å²) in [4.78, 5) is 73.6. The van der Waals surface area contributed by atoms with Crippen LogP contribution in [0.3, 0.4) is 0 Å². The summed E-state index contributed by atoms with van der Waals surface area (Å²) in [6, 6.07) is 6.01. The number of anilines is 1. The van der Waals surface area contributed by atoms with Gasteiger partial charge in [0, 0.05) is 35.1 Å². The second-order valence-corrected chi connectivity index (χ2v) is 11.1. The van der Waals surface area contributed by atoms with Crippen LogP contribution in [0.1, 0.15) is 70.1 Å². The molecule has 11 nitrogen and oxygen atoms in total. The van der Waals surface area contributed by atoms with E-state index >= 15 is 0 Å². The Morgan fingerprint density at radius 2 is 1.52 bits per heavy atom. The molecule has 1 unspecified atom stereocenters. The number of benzene rings is 1. The van der Waals surface area contributed by atoms with Crippen LogP contribution >= 0.6 is 0 Å². The first-order valence-corrected chi connectivity index (χ1v) is 13.9. The molecule has 2 rings (SSSR count). The number of nitrogens with one attached hydrogen (secondary N) is 3. The van der Waals surface area contributed by atoms with E-state index in [1.165, 1.54) is 12.2 Å². The lowest BCUT2D eigenvalue weighted by molar-refractivity contribution is -0.154. The predicted molar refractivity (Wildman–Crippen MR) is 166 cm³/mol. The lowest BCUT2D eigenvalue weighted by Crippen LogP contribution is -2.51. The lowest BCUT2D eigenvalue weighted by atomic mass is 9.97. The van der Waals surface area contributed by atoms with E-state index in [0.29, 0.717) is 31.5 Å². The summed E-state index contributed by atoms with van der Waals surface area (Å²) >= 11 is 0. The van der Waals surface area contributed by atoms with Crippen LogP contribution in [0, 0.1) is 11.3 Å². The molecule has 5 amide bonds. The number of amides is 5. The molecule has 0 saturated carbocycles. The minimum atomic E-state index is -0.804. The Kier molecular flexibility index (Phi) is 14.9. The second kappa shape index (κ2) is 17.5. The number of unbranched alkanes of at least 4 members (excludes halogenated alkanes) is 2. The maximum absolute atomic E-state index is 12.7. The smallest absolute Gasteiger partial charge is 0.311 e. The van der Waals surface area contributed by atoms with Crippen molar-refractivity contribution >= 4 is 41.2 Å². The Labute approximate surface area is 252 Å². The topological polar surface area (TPSA) is 151 Å². The minimum absolute atomic E-state index is 0. The van der Waals surface area contributed by atoms with E-state index in [9.17, 15) is 28.8 Å². The van der Waals surface area contributed by atoms with E-state index in [1.807, 2.05) is 0 Å². The SMILES string of the molecule is C=C.CC(C)C(NC(=O)CCCCCN1C(=O)C=CC1=O)C(=O)NCC(=O)Nc1ccc(COC(=O)C(C)(C)C)cc1.[HH].[HH].[HH]. The molecule has 0 spiro atoms. The van der Waals surface area contributed by atoms with Gasteiger partial charge >= 0.3 is 5.97 Å². The molecule has 1 aliphatic rings. The third kappa shape index (κ3) is 12.5. The third-order valence-corrected chi connectivity index (χ3v) is 6.09. The average molecular weight is 591 g/mol. The van der Waals surface area contributed by atoms with Crippen molar-refractivity contribution in [3.05, 3.63) is 55.1 Å². The molecule has 0 radical (unpaired) electrons. The Balaban J connectivity index is -0.00000345. The van der Waals surface area contributed by atoms with Gasteiger partial charge in [-0.1, -0.05) is 32.4 Å². The molecule has 0 fully saturated rings. The van der Waals surface area contributed by atoms with Crippen LogP contribution in [0.15, 0.2) is 49.6 Å². The minimum Gasteiger partial charge on any atom is -0.460 e. The van der Waals surface area contributed by atoms with Gasteiger partial charge in [-0.05, 0) is 57.2 Å². The number of hydrogen-bond donors (Lipinski definition) is 3. The van der Waals surface area contributed by atoms with Crippen LogP contribution < -0.4 is 16.0 Å². The molecule has 1 heterocycles. The van der Waals surface area contributed by atoms with E-state index in [1.54, 1.807) is 58.9 Å². The molecule has 1 aromatic rings. The molecular weight excluding hydrogens is 540 g/mol. The van der Waals surface area contributed by atoms with Crippen LogP contribution in [0.4, 0.5) is 5.69 Å². The molecule has 11 heteroatoms. The van der Waals surface area contributed by atoms with E-state index in [2.05, 4.69) is 29.1 Å². The molecular formula is C31H50N4O7. The van der Waals surface area contributed by atoms with Crippen molar-refractivity contribution in [3.63, 3.8) is 0 Å². The van der Waals surface area contributed by atoms with Crippen molar-refractivity contribution in [1.29, 1.82) is 0 Å². The van der Waals surface area contributed by atoms with Crippen LogP contribution in [0.5, 0.6) is 0 Å². The number of carbonyl (C=O) groups excluding carboxylic acids is 6. The second-order valence-electron chi connectivity index (χ2n) is 11.1. The van der Waals surface area contributed by atoms with Gasteiger partial charge in [-0.3, -0.25) is 33.7 Å². The zero-order valence-electron chi connectivity index (χ0n) is 25.3. The zero-order chi connectivity index (χ0) is 31.9. The molecule has 42 heavy (non-hydrogen) atoms. The number of carbonyl (C=O) groups is 6. The van der Waals surface area contributed by atoms with Crippen LogP contribution in [-0.2, 0) is 40.1 Å². The van der Waals surface area contributed by atoms with Crippen molar-refractivity contribution < 1.29 is 37.8 Å². The zero-order valence-corrected chi connectivity index (χ0v) is 25.3. The molecule has 236 valence electrons. The number of ether oxygens (including phenoxy) is 1. The first-order valence-electron chi connectivity index (χ1n) is 13.9. The number of rotatable bonds is 14. The molecule has 1 aromatic carbocycles. The van der Waals surface area contributed by atoms with E-state index in [0.717, 1.165) is 10.5 Å². The Morgan fingerprint density at radius 1 is 0.929 bits per heavy atom. The molecule has 0 bridgehead atoms. The summed E-state index contributed by atoms with van der Waals surface area (Å²) in [5.74, 6) is -2.34. The van der Waals surface area contributed by atoms with Gasteiger partial charge in [-0.15, -0.1) is 13.2 Å². The fraction of sp³-hybridized carbons (Fsp3) is 0.484. The molecule has 0 aromatic heterocycles. The number of hydrogen-bond acceptors (Lipinski definition) is 7. The lowest BCUT2D eigenvalue weighted by Gasteiger charge is -2.21. The third-order valence-electron chi connectivity index (χ3n) is 6.09. The standard InChI is InChI=1S/C29H40N4O7.C2H4.3H2/c1-19(2)26(32-22(34)9-7-6-8-16-33-24(36)14-15-25(33)37)27(38)30-17-23(35)31-21-12-10-20(11-13-21)18-40-28(39)29(3,4)5;1-2;;;/h10-15,19,26H,6-9,16-18H2,1-5H3,(H,30,38)(H,31,35)(H,32,34);1-2H2;3*1H. The van der Waals surface area contributed by atoms with E-state index < -0.39 is 23.3 Å².